The van der Waals surface area contributed by atoms with Gasteiger partial charge in [0.15, 0.2) is 0 Å². The Kier molecular flexibility index (Phi) is 5.53. The van der Waals surface area contributed by atoms with Crippen LogP contribution in [0.2, 0.25) is 0 Å². The molecular weight excluding hydrogens is 296 g/mol. The number of aryl methyl sites for hydroxylation is 3. The van der Waals surface area contributed by atoms with Gasteiger partial charge in [-0.2, -0.15) is 0 Å². The summed E-state index contributed by atoms with van der Waals surface area (Å²) in [6.07, 6.45) is 0.297. The SMILES string of the molecule is CCOC(=O)CC1=CSC(NC)N1c1c(C)cc(C)cc1C. The highest BCUT2D eigenvalue weighted by atomic mass is 32.2. The first-order valence-corrected chi connectivity index (χ1v) is 8.46. The zero-order valence-corrected chi connectivity index (χ0v) is 14.7. The van der Waals surface area contributed by atoms with Crippen molar-refractivity contribution in [1.82, 2.24) is 5.32 Å². The van der Waals surface area contributed by atoms with Crippen molar-refractivity contribution in [2.24, 2.45) is 0 Å². The Hall–Kier alpha value is -1.46. The van der Waals surface area contributed by atoms with E-state index in [9.17, 15) is 4.79 Å². The third kappa shape index (κ3) is 3.47. The van der Waals surface area contributed by atoms with Crippen LogP contribution in [0.1, 0.15) is 30.0 Å². The first-order valence-electron chi connectivity index (χ1n) is 7.52. The molecule has 0 spiro atoms. The third-order valence-corrected chi connectivity index (χ3v) is 4.74. The van der Waals surface area contributed by atoms with Crippen LogP contribution in [0.15, 0.2) is 23.2 Å². The van der Waals surface area contributed by atoms with Gasteiger partial charge in [0.2, 0.25) is 0 Å². The number of anilines is 1. The van der Waals surface area contributed by atoms with Crippen LogP contribution in [-0.4, -0.2) is 25.1 Å². The first kappa shape index (κ1) is 16.9. The molecule has 0 amide bonds. The maximum atomic E-state index is 11.9. The highest BCUT2D eigenvalue weighted by Gasteiger charge is 2.30. The van der Waals surface area contributed by atoms with Crippen LogP contribution in [0.3, 0.4) is 0 Å². The Morgan fingerprint density at radius 2 is 1.95 bits per heavy atom. The summed E-state index contributed by atoms with van der Waals surface area (Å²) >= 11 is 1.68. The van der Waals surface area contributed by atoms with Gasteiger partial charge in [-0.15, -0.1) is 0 Å². The molecule has 1 aromatic rings. The van der Waals surface area contributed by atoms with Crippen molar-refractivity contribution in [1.29, 1.82) is 0 Å². The van der Waals surface area contributed by atoms with E-state index in [1.807, 2.05) is 14.0 Å². The van der Waals surface area contributed by atoms with Crippen molar-refractivity contribution in [3.05, 3.63) is 39.9 Å². The van der Waals surface area contributed by atoms with E-state index in [1.54, 1.807) is 11.8 Å². The van der Waals surface area contributed by atoms with Crippen LogP contribution in [-0.2, 0) is 9.53 Å². The molecule has 0 saturated heterocycles. The fraction of sp³-hybridized carbons (Fsp3) is 0.471. The van der Waals surface area contributed by atoms with Gasteiger partial charge in [-0.05, 0) is 51.3 Å². The summed E-state index contributed by atoms with van der Waals surface area (Å²) in [5.74, 6) is -0.182. The lowest BCUT2D eigenvalue weighted by Gasteiger charge is -2.31. The molecule has 4 nitrogen and oxygen atoms in total. The average molecular weight is 320 g/mol. The molecule has 0 aromatic heterocycles. The predicted octanol–water partition coefficient (Wildman–Crippen LogP) is 3.46. The van der Waals surface area contributed by atoms with Gasteiger partial charge in [0, 0.05) is 11.4 Å². The zero-order chi connectivity index (χ0) is 16.3. The second kappa shape index (κ2) is 7.20. The Labute approximate surface area is 136 Å². The molecular formula is C17H24N2O2S. The number of carbonyl (C=O) groups is 1. The van der Waals surface area contributed by atoms with Crippen LogP contribution >= 0.6 is 11.8 Å². The summed E-state index contributed by atoms with van der Waals surface area (Å²) < 4.78 is 5.10. The summed E-state index contributed by atoms with van der Waals surface area (Å²) in [5.41, 5.74) is 5.94. The molecule has 0 bridgehead atoms. The van der Waals surface area contributed by atoms with Crippen LogP contribution in [0.5, 0.6) is 0 Å². The van der Waals surface area contributed by atoms with Gasteiger partial charge >= 0.3 is 5.97 Å². The van der Waals surface area contributed by atoms with E-state index in [1.165, 1.54) is 22.4 Å². The molecule has 1 aliphatic heterocycles. The Morgan fingerprint density at radius 3 is 2.50 bits per heavy atom. The van der Waals surface area contributed by atoms with E-state index in [0.717, 1.165) is 5.70 Å². The fourth-order valence-electron chi connectivity index (χ4n) is 2.91. The molecule has 22 heavy (non-hydrogen) atoms. The number of esters is 1. The van der Waals surface area contributed by atoms with E-state index in [-0.39, 0.29) is 11.5 Å². The number of hydrogen-bond donors (Lipinski definition) is 1. The van der Waals surface area contributed by atoms with Crippen molar-refractivity contribution >= 4 is 23.4 Å². The average Bonchev–Trinajstić information content (AvgIpc) is 2.81. The van der Waals surface area contributed by atoms with E-state index in [2.05, 4.69) is 48.5 Å². The van der Waals surface area contributed by atoms with E-state index in [0.29, 0.717) is 13.0 Å². The number of hydrogen-bond acceptors (Lipinski definition) is 5. The lowest BCUT2D eigenvalue weighted by molar-refractivity contribution is -0.142. The number of benzene rings is 1. The van der Waals surface area contributed by atoms with Crippen molar-refractivity contribution in [2.75, 3.05) is 18.6 Å². The number of carbonyl (C=O) groups excluding carboxylic acids is 1. The highest BCUT2D eigenvalue weighted by Crippen LogP contribution is 2.39. The molecule has 1 aromatic carbocycles. The molecule has 120 valence electrons. The lowest BCUT2D eigenvalue weighted by Crippen LogP contribution is -2.39. The lowest BCUT2D eigenvalue weighted by atomic mass is 10.0. The van der Waals surface area contributed by atoms with Crippen LogP contribution < -0.4 is 10.2 Å². The minimum Gasteiger partial charge on any atom is -0.466 e. The molecule has 1 N–H and O–H groups in total. The third-order valence-electron chi connectivity index (χ3n) is 3.63. The molecule has 2 rings (SSSR count). The van der Waals surface area contributed by atoms with Crippen LogP contribution in [0.4, 0.5) is 5.69 Å². The van der Waals surface area contributed by atoms with Crippen molar-refractivity contribution in [2.45, 2.75) is 39.6 Å². The standard InChI is InChI=1S/C17H24N2O2S/c1-6-21-15(20)9-14-10-22-17(18-5)19(14)16-12(3)7-11(2)8-13(16)4/h7-8,10,17-18H,6,9H2,1-5H3. The summed E-state index contributed by atoms with van der Waals surface area (Å²) in [5, 5.41) is 5.35. The van der Waals surface area contributed by atoms with Gasteiger partial charge in [0.1, 0.15) is 5.50 Å². The second-order valence-corrected chi connectivity index (χ2v) is 6.44. The number of rotatable bonds is 5. The predicted molar refractivity (Wildman–Crippen MR) is 92.9 cm³/mol. The quantitative estimate of drug-likeness (QED) is 0.842. The highest BCUT2D eigenvalue weighted by molar-refractivity contribution is 8.03. The molecule has 0 fully saturated rings. The molecule has 0 saturated carbocycles. The summed E-state index contributed by atoms with van der Waals surface area (Å²) in [6.45, 7) is 8.59. The van der Waals surface area contributed by atoms with Crippen LogP contribution in [0.25, 0.3) is 0 Å². The van der Waals surface area contributed by atoms with E-state index >= 15 is 0 Å². The Bertz CT molecular complexity index is 575. The van der Waals surface area contributed by atoms with E-state index < -0.39 is 0 Å². The molecule has 0 radical (unpaired) electrons. The van der Waals surface area contributed by atoms with Gasteiger partial charge < -0.3 is 9.64 Å². The minimum absolute atomic E-state index is 0.101. The molecule has 1 atom stereocenters. The van der Waals surface area contributed by atoms with Crippen LogP contribution in [0, 0.1) is 20.8 Å². The summed E-state index contributed by atoms with van der Waals surface area (Å²) in [6, 6.07) is 4.36. The molecule has 1 heterocycles. The molecule has 1 unspecified atom stereocenters. The zero-order valence-electron chi connectivity index (χ0n) is 13.9. The first-order chi connectivity index (χ1) is 10.5. The van der Waals surface area contributed by atoms with Crippen molar-refractivity contribution < 1.29 is 9.53 Å². The largest absolute Gasteiger partial charge is 0.466 e. The smallest absolute Gasteiger partial charge is 0.311 e. The topological polar surface area (TPSA) is 41.6 Å². The monoisotopic (exact) mass is 320 g/mol. The Balaban J connectivity index is 2.36. The van der Waals surface area contributed by atoms with Gasteiger partial charge in [-0.25, -0.2) is 0 Å². The van der Waals surface area contributed by atoms with E-state index in [4.69, 9.17) is 4.74 Å². The summed E-state index contributed by atoms with van der Waals surface area (Å²) in [4.78, 5) is 14.1. The van der Waals surface area contributed by atoms with Gasteiger partial charge in [0.25, 0.3) is 0 Å². The second-order valence-electron chi connectivity index (χ2n) is 5.49. The normalized spacial score (nSPS) is 17.6. The number of nitrogens with one attached hydrogen (secondary N) is 1. The maximum absolute atomic E-state index is 11.9. The van der Waals surface area contributed by atoms with Crippen molar-refractivity contribution in [3.8, 4) is 0 Å². The Morgan fingerprint density at radius 1 is 1.32 bits per heavy atom. The van der Waals surface area contributed by atoms with Gasteiger partial charge in [-0.3, -0.25) is 10.1 Å². The van der Waals surface area contributed by atoms with Crippen molar-refractivity contribution in [3.63, 3.8) is 0 Å². The summed E-state index contributed by atoms with van der Waals surface area (Å²) in [7, 11) is 1.94. The molecule has 0 aliphatic carbocycles. The number of ether oxygens (including phenoxy) is 1. The number of nitrogens with zero attached hydrogens (tertiary/aromatic N) is 1. The minimum atomic E-state index is -0.182. The fourth-order valence-corrected chi connectivity index (χ4v) is 3.89. The number of thioether (sulfide) groups is 1. The molecule has 1 aliphatic rings. The maximum Gasteiger partial charge on any atom is 0.311 e. The van der Waals surface area contributed by atoms with Gasteiger partial charge in [-0.1, -0.05) is 29.5 Å². The molecule has 5 heteroatoms. The van der Waals surface area contributed by atoms with Gasteiger partial charge in [0.05, 0.1) is 13.0 Å².